The molecule has 0 fully saturated rings. The summed E-state index contributed by atoms with van der Waals surface area (Å²) in [4.78, 5) is 19.5. The van der Waals surface area contributed by atoms with Gasteiger partial charge in [-0.1, -0.05) is 18.2 Å². The molecule has 0 saturated carbocycles. The first-order valence-electron chi connectivity index (χ1n) is 6.86. The minimum absolute atomic E-state index is 0.299. The fourth-order valence-electron chi connectivity index (χ4n) is 2.46. The second-order valence-electron chi connectivity index (χ2n) is 5.23. The number of hydrogen-bond acceptors (Lipinski definition) is 6. The van der Waals surface area contributed by atoms with Crippen molar-refractivity contribution in [2.24, 2.45) is 4.99 Å². The Kier molecular flexibility index (Phi) is 4.22. The molecule has 0 spiro atoms. The van der Waals surface area contributed by atoms with E-state index in [1.165, 1.54) is 5.56 Å². The summed E-state index contributed by atoms with van der Waals surface area (Å²) in [6, 6.07) is 10.4. The Labute approximate surface area is 132 Å². The number of benzene rings is 1. The number of nitrogens with one attached hydrogen (secondary N) is 1. The second kappa shape index (κ2) is 6.29. The first kappa shape index (κ1) is 14.7. The summed E-state index contributed by atoms with van der Waals surface area (Å²) in [6.07, 6.45) is 0. The first-order chi connectivity index (χ1) is 10.7. The van der Waals surface area contributed by atoms with Crippen LogP contribution < -0.4 is 5.48 Å². The van der Waals surface area contributed by atoms with E-state index >= 15 is 0 Å². The maximum Gasteiger partial charge on any atom is 0.320 e. The predicted molar refractivity (Wildman–Crippen MR) is 85.6 cm³/mol. The highest BCUT2D eigenvalue weighted by molar-refractivity contribution is 7.08. The molecule has 1 unspecified atom stereocenters. The lowest BCUT2D eigenvalue weighted by atomic mass is 9.90. The van der Waals surface area contributed by atoms with Crippen LogP contribution in [0.3, 0.4) is 0 Å². The molecule has 1 aliphatic heterocycles. The molecule has 0 amide bonds. The van der Waals surface area contributed by atoms with E-state index in [9.17, 15) is 4.79 Å². The molecule has 0 saturated heterocycles. The lowest BCUT2D eigenvalue weighted by Gasteiger charge is -2.31. The smallest absolute Gasteiger partial charge is 0.320 e. The molecule has 1 aliphatic rings. The molecule has 0 aliphatic carbocycles. The standard InChI is InChI=1S/C16H16N2O3S/c1-16(10-20-8-15(17-16)18-21-11-19)14-4-2-3-12(7-14)13-5-6-22-9-13/h2-7,9,11H,8,10H2,1H3,(H,17,18). The van der Waals surface area contributed by atoms with Gasteiger partial charge in [-0.15, -0.1) is 0 Å². The van der Waals surface area contributed by atoms with E-state index < -0.39 is 5.54 Å². The lowest BCUT2D eigenvalue weighted by molar-refractivity contribution is -0.132. The molecule has 1 atom stereocenters. The maximum atomic E-state index is 10.3. The summed E-state index contributed by atoms with van der Waals surface area (Å²) in [7, 11) is 0. The van der Waals surface area contributed by atoms with Gasteiger partial charge in [0.15, 0.2) is 5.84 Å². The van der Waals surface area contributed by atoms with Crippen LogP contribution in [0, 0.1) is 0 Å². The van der Waals surface area contributed by atoms with Gasteiger partial charge in [0, 0.05) is 0 Å². The minimum Gasteiger partial charge on any atom is -0.371 e. The van der Waals surface area contributed by atoms with Crippen molar-refractivity contribution in [2.45, 2.75) is 12.5 Å². The number of carbonyl (C=O) groups is 1. The monoisotopic (exact) mass is 316 g/mol. The number of rotatable bonds is 4. The second-order valence-corrected chi connectivity index (χ2v) is 6.01. The number of thiophene rings is 1. The van der Waals surface area contributed by atoms with E-state index in [0.717, 1.165) is 11.1 Å². The summed E-state index contributed by atoms with van der Waals surface area (Å²) in [5, 5.41) is 4.18. The third kappa shape index (κ3) is 3.03. The Bertz CT molecular complexity index is 684. The van der Waals surface area contributed by atoms with Crippen molar-refractivity contribution in [3.05, 3.63) is 46.7 Å². The number of amidine groups is 1. The number of carbonyl (C=O) groups excluding carboxylic acids is 1. The van der Waals surface area contributed by atoms with Gasteiger partial charge in [0.1, 0.15) is 12.1 Å². The molecular formula is C16H16N2O3S. The minimum atomic E-state index is -0.515. The third-order valence-corrected chi connectivity index (χ3v) is 4.25. The number of nitrogens with zero attached hydrogens (tertiary/aromatic N) is 1. The van der Waals surface area contributed by atoms with E-state index in [-0.39, 0.29) is 0 Å². The van der Waals surface area contributed by atoms with Crippen LogP contribution in [0.4, 0.5) is 0 Å². The zero-order chi connectivity index (χ0) is 15.4. The molecule has 114 valence electrons. The van der Waals surface area contributed by atoms with Crippen molar-refractivity contribution in [1.82, 2.24) is 5.48 Å². The average Bonchev–Trinajstić information content (AvgIpc) is 3.08. The Hall–Kier alpha value is -2.18. The molecule has 22 heavy (non-hydrogen) atoms. The quantitative estimate of drug-likeness (QED) is 0.696. The van der Waals surface area contributed by atoms with Crippen LogP contribution in [0.15, 0.2) is 46.1 Å². The van der Waals surface area contributed by atoms with Crippen LogP contribution in [0.5, 0.6) is 0 Å². The van der Waals surface area contributed by atoms with Gasteiger partial charge in [0.05, 0.1) is 6.61 Å². The number of aliphatic imine (C=N–C) groups is 1. The van der Waals surface area contributed by atoms with E-state index in [1.807, 2.05) is 19.1 Å². The molecule has 5 nitrogen and oxygen atoms in total. The van der Waals surface area contributed by atoms with Gasteiger partial charge in [-0.2, -0.15) is 11.3 Å². The molecular weight excluding hydrogens is 300 g/mol. The molecule has 3 rings (SSSR count). The number of ether oxygens (including phenoxy) is 1. The van der Waals surface area contributed by atoms with Crippen molar-refractivity contribution < 1.29 is 14.4 Å². The van der Waals surface area contributed by atoms with E-state index in [1.54, 1.807) is 11.3 Å². The van der Waals surface area contributed by atoms with Gasteiger partial charge in [0.2, 0.25) is 0 Å². The SMILES string of the molecule is CC1(c2cccc(-c3ccsc3)c2)COCC(NOC=O)=N1. The molecule has 1 N–H and O–H groups in total. The van der Waals surface area contributed by atoms with Crippen molar-refractivity contribution >= 4 is 23.6 Å². The van der Waals surface area contributed by atoms with Crippen molar-refractivity contribution in [2.75, 3.05) is 13.2 Å². The summed E-state index contributed by atoms with van der Waals surface area (Å²) in [6.45, 7) is 3.10. The summed E-state index contributed by atoms with van der Waals surface area (Å²) < 4.78 is 5.59. The summed E-state index contributed by atoms with van der Waals surface area (Å²) in [5.74, 6) is 0.502. The highest BCUT2D eigenvalue weighted by atomic mass is 32.1. The zero-order valence-corrected chi connectivity index (χ0v) is 12.9. The zero-order valence-electron chi connectivity index (χ0n) is 12.1. The molecule has 0 bridgehead atoms. The highest BCUT2D eigenvalue weighted by Crippen LogP contribution is 2.32. The highest BCUT2D eigenvalue weighted by Gasteiger charge is 2.31. The van der Waals surface area contributed by atoms with Crippen LogP contribution in [-0.2, 0) is 19.9 Å². The third-order valence-electron chi connectivity index (χ3n) is 3.57. The van der Waals surface area contributed by atoms with Crippen molar-refractivity contribution in [3.8, 4) is 11.1 Å². The number of hydrogen-bond donors (Lipinski definition) is 1. The van der Waals surface area contributed by atoms with Crippen LogP contribution in [0.25, 0.3) is 11.1 Å². The predicted octanol–water partition coefficient (Wildman–Crippen LogP) is 2.74. The normalized spacial score (nSPS) is 21.0. The average molecular weight is 316 g/mol. The van der Waals surface area contributed by atoms with E-state index in [4.69, 9.17) is 4.74 Å². The molecule has 1 aromatic carbocycles. The van der Waals surface area contributed by atoms with Gasteiger partial charge < -0.3 is 9.57 Å². The summed E-state index contributed by atoms with van der Waals surface area (Å²) in [5.41, 5.74) is 5.38. The topological polar surface area (TPSA) is 59.9 Å². The van der Waals surface area contributed by atoms with Crippen LogP contribution in [0.2, 0.25) is 0 Å². The number of hydroxylamine groups is 1. The van der Waals surface area contributed by atoms with E-state index in [0.29, 0.717) is 25.5 Å². The first-order valence-corrected chi connectivity index (χ1v) is 7.80. The molecule has 2 aromatic rings. The Morgan fingerprint density at radius 2 is 2.32 bits per heavy atom. The van der Waals surface area contributed by atoms with Gasteiger partial charge in [0.25, 0.3) is 0 Å². The van der Waals surface area contributed by atoms with Crippen molar-refractivity contribution in [1.29, 1.82) is 0 Å². The van der Waals surface area contributed by atoms with Crippen molar-refractivity contribution in [3.63, 3.8) is 0 Å². The fourth-order valence-corrected chi connectivity index (χ4v) is 3.13. The lowest BCUT2D eigenvalue weighted by Crippen LogP contribution is -2.40. The molecule has 1 aromatic heterocycles. The molecule has 6 heteroatoms. The van der Waals surface area contributed by atoms with Crippen LogP contribution in [0.1, 0.15) is 12.5 Å². The van der Waals surface area contributed by atoms with Gasteiger partial charge in [-0.25, -0.2) is 5.48 Å². The van der Waals surface area contributed by atoms with Gasteiger partial charge in [-0.3, -0.25) is 9.79 Å². The molecule has 2 heterocycles. The van der Waals surface area contributed by atoms with Crippen LogP contribution >= 0.6 is 11.3 Å². The maximum absolute atomic E-state index is 10.3. The Morgan fingerprint density at radius 1 is 1.41 bits per heavy atom. The molecule has 0 radical (unpaired) electrons. The summed E-state index contributed by atoms with van der Waals surface area (Å²) >= 11 is 1.67. The largest absolute Gasteiger partial charge is 0.371 e. The van der Waals surface area contributed by atoms with Gasteiger partial charge >= 0.3 is 6.47 Å². The fraction of sp³-hybridized carbons (Fsp3) is 0.250. The Balaban J connectivity index is 1.92. The van der Waals surface area contributed by atoms with Gasteiger partial charge in [-0.05, 0) is 46.5 Å². The van der Waals surface area contributed by atoms with E-state index in [2.05, 4.69) is 44.3 Å². The van der Waals surface area contributed by atoms with Crippen LogP contribution in [-0.4, -0.2) is 25.5 Å². The Morgan fingerprint density at radius 3 is 3.09 bits per heavy atom.